The fraction of sp³-hybridized carbons (Fsp3) is 0.364. The molecule has 0 spiro atoms. The van der Waals surface area contributed by atoms with Crippen molar-refractivity contribution in [1.29, 1.82) is 0 Å². The average molecular weight is 318 g/mol. The Hall–Kier alpha value is -0.160. The lowest BCUT2D eigenvalue weighted by atomic mass is 9.90. The number of carbonyl (C=O) groups is 1. The molecule has 1 aliphatic rings. The molecule has 0 fully saturated rings. The van der Waals surface area contributed by atoms with Gasteiger partial charge in [-0.2, -0.15) is 0 Å². The van der Waals surface area contributed by atoms with Crippen LogP contribution in [0.15, 0.2) is 23.6 Å². The zero-order chi connectivity index (χ0) is 9.97. The second-order valence-corrected chi connectivity index (χ2v) is 5.64. The third kappa shape index (κ3) is 2.25. The van der Waals surface area contributed by atoms with E-state index in [1.165, 1.54) is 8.45 Å². The van der Waals surface area contributed by atoms with E-state index in [1.54, 1.807) is 17.4 Å². The highest BCUT2D eigenvalue weighted by molar-refractivity contribution is 14.1. The summed E-state index contributed by atoms with van der Waals surface area (Å²) in [6.45, 7) is 0. The monoisotopic (exact) mass is 318 g/mol. The molecule has 0 saturated carbocycles. The van der Waals surface area contributed by atoms with Crippen LogP contribution in [0.25, 0.3) is 0 Å². The Morgan fingerprint density at radius 3 is 3.07 bits per heavy atom. The van der Waals surface area contributed by atoms with Gasteiger partial charge in [0.1, 0.15) is 0 Å². The van der Waals surface area contributed by atoms with E-state index in [0.29, 0.717) is 5.78 Å². The molecule has 0 aliphatic heterocycles. The van der Waals surface area contributed by atoms with Crippen molar-refractivity contribution in [2.45, 2.75) is 19.3 Å². The van der Waals surface area contributed by atoms with Crippen LogP contribution in [0.2, 0.25) is 0 Å². The van der Waals surface area contributed by atoms with Crippen molar-refractivity contribution in [3.8, 4) is 0 Å². The zero-order valence-corrected chi connectivity index (χ0v) is 10.7. The van der Waals surface area contributed by atoms with Gasteiger partial charge >= 0.3 is 0 Å². The highest BCUT2D eigenvalue weighted by atomic mass is 127. The Morgan fingerprint density at radius 2 is 2.43 bits per heavy atom. The maximum atomic E-state index is 11.5. The summed E-state index contributed by atoms with van der Waals surface area (Å²) < 4.78 is 1.30. The molecule has 3 heteroatoms. The molecular weight excluding hydrogens is 307 g/mol. The minimum Gasteiger partial charge on any atom is -0.295 e. The summed E-state index contributed by atoms with van der Waals surface area (Å²) >= 11 is 4.10. The number of allylic oxidation sites excluding steroid dienone is 2. The number of rotatable bonds is 2. The summed E-state index contributed by atoms with van der Waals surface area (Å²) in [5, 5.41) is 2.10. The number of halogens is 1. The van der Waals surface area contributed by atoms with E-state index < -0.39 is 0 Å². The van der Waals surface area contributed by atoms with Crippen LogP contribution in [0.4, 0.5) is 0 Å². The predicted octanol–water partition coefficient (Wildman–Crippen LogP) is 3.43. The van der Waals surface area contributed by atoms with Crippen molar-refractivity contribution in [1.82, 2.24) is 0 Å². The second-order valence-electron chi connectivity index (χ2n) is 3.47. The standard InChI is InChI=1S/C11H11IOS/c12-9-5-6-14-11(9)7-8-3-1-2-4-10(8)13/h2,4-6,8H,1,3,7H2. The number of ketones is 1. The van der Waals surface area contributed by atoms with Gasteiger partial charge in [-0.3, -0.25) is 4.79 Å². The van der Waals surface area contributed by atoms with Crippen molar-refractivity contribution < 1.29 is 4.79 Å². The normalized spacial score (nSPS) is 21.5. The molecule has 1 aromatic rings. The summed E-state index contributed by atoms with van der Waals surface area (Å²) in [6.07, 6.45) is 6.73. The molecule has 1 atom stereocenters. The van der Waals surface area contributed by atoms with Gasteiger partial charge in [0.15, 0.2) is 5.78 Å². The Labute approximate surface area is 101 Å². The van der Waals surface area contributed by atoms with Gasteiger partial charge in [0.05, 0.1) is 0 Å². The Morgan fingerprint density at radius 1 is 1.57 bits per heavy atom. The van der Waals surface area contributed by atoms with Gasteiger partial charge < -0.3 is 0 Å². The third-order valence-corrected chi connectivity index (χ3v) is 4.81. The molecule has 0 radical (unpaired) electrons. The van der Waals surface area contributed by atoms with Crippen LogP contribution in [-0.4, -0.2) is 5.78 Å². The minimum atomic E-state index is 0.229. The topological polar surface area (TPSA) is 17.1 Å². The highest BCUT2D eigenvalue weighted by Crippen LogP contribution is 2.26. The van der Waals surface area contributed by atoms with Crippen molar-refractivity contribution >= 4 is 39.7 Å². The fourth-order valence-corrected chi connectivity index (χ4v) is 3.54. The molecule has 1 aliphatic carbocycles. The van der Waals surface area contributed by atoms with Gasteiger partial charge in [-0.1, -0.05) is 6.08 Å². The van der Waals surface area contributed by atoms with E-state index in [0.717, 1.165) is 19.3 Å². The first-order valence-electron chi connectivity index (χ1n) is 4.69. The Bertz CT molecular complexity index is 367. The lowest BCUT2D eigenvalue weighted by Gasteiger charge is -2.15. The van der Waals surface area contributed by atoms with E-state index in [2.05, 4.69) is 34.0 Å². The number of thiophene rings is 1. The van der Waals surface area contributed by atoms with Crippen LogP contribution in [0.1, 0.15) is 17.7 Å². The summed E-state index contributed by atoms with van der Waals surface area (Å²) in [4.78, 5) is 12.9. The van der Waals surface area contributed by atoms with E-state index in [4.69, 9.17) is 0 Å². The average Bonchev–Trinajstić information content (AvgIpc) is 2.56. The van der Waals surface area contributed by atoms with Crippen LogP contribution < -0.4 is 0 Å². The number of hydrogen-bond acceptors (Lipinski definition) is 2. The van der Waals surface area contributed by atoms with E-state index in [1.807, 2.05) is 6.08 Å². The number of carbonyl (C=O) groups excluding carboxylic acids is 1. The molecule has 14 heavy (non-hydrogen) atoms. The van der Waals surface area contributed by atoms with E-state index >= 15 is 0 Å². The van der Waals surface area contributed by atoms with Crippen molar-refractivity contribution in [2.75, 3.05) is 0 Å². The van der Waals surface area contributed by atoms with Gasteiger partial charge in [0, 0.05) is 14.4 Å². The lowest BCUT2D eigenvalue weighted by Crippen LogP contribution is -2.17. The molecule has 0 bridgehead atoms. The first-order chi connectivity index (χ1) is 6.77. The van der Waals surface area contributed by atoms with Crippen molar-refractivity contribution in [3.63, 3.8) is 0 Å². The quantitative estimate of drug-likeness (QED) is 0.764. The summed E-state index contributed by atoms with van der Waals surface area (Å²) in [7, 11) is 0. The van der Waals surface area contributed by atoms with Gasteiger partial charge in [-0.25, -0.2) is 0 Å². The molecule has 1 nitrogen and oxygen atoms in total. The first kappa shape index (κ1) is 10.4. The van der Waals surface area contributed by atoms with Crippen LogP contribution >= 0.6 is 33.9 Å². The molecule has 0 N–H and O–H groups in total. The zero-order valence-electron chi connectivity index (χ0n) is 7.70. The van der Waals surface area contributed by atoms with E-state index in [-0.39, 0.29) is 5.92 Å². The maximum Gasteiger partial charge on any atom is 0.158 e. The maximum absolute atomic E-state index is 11.5. The molecule has 2 rings (SSSR count). The lowest BCUT2D eigenvalue weighted by molar-refractivity contribution is -0.118. The summed E-state index contributed by atoms with van der Waals surface area (Å²) in [5.74, 6) is 0.535. The first-order valence-corrected chi connectivity index (χ1v) is 6.65. The number of hydrogen-bond donors (Lipinski definition) is 0. The molecule has 0 amide bonds. The summed E-state index contributed by atoms with van der Waals surface area (Å²) in [5.41, 5.74) is 0. The predicted molar refractivity (Wildman–Crippen MR) is 67.6 cm³/mol. The van der Waals surface area contributed by atoms with Crippen LogP contribution in [0.5, 0.6) is 0 Å². The molecule has 0 aromatic carbocycles. The van der Waals surface area contributed by atoms with Gasteiger partial charge in [-0.05, 0) is 59.4 Å². The second kappa shape index (κ2) is 4.57. The molecule has 1 unspecified atom stereocenters. The largest absolute Gasteiger partial charge is 0.295 e. The molecule has 74 valence electrons. The molecule has 1 heterocycles. The van der Waals surface area contributed by atoms with E-state index in [9.17, 15) is 4.79 Å². The van der Waals surface area contributed by atoms with Gasteiger partial charge in [-0.15, -0.1) is 11.3 Å². The minimum absolute atomic E-state index is 0.229. The summed E-state index contributed by atoms with van der Waals surface area (Å²) in [6, 6.07) is 2.11. The van der Waals surface area contributed by atoms with Crippen LogP contribution in [0.3, 0.4) is 0 Å². The SMILES string of the molecule is O=C1C=CCCC1Cc1sccc1I. The third-order valence-electron chi connectivity index (χ3n) is 2.49. The molecule has 0 saturated heterocycles. The van der Waals surface area contributed by atoms with Crippen LogP contribution in [-0.2, 0) is 11.2 Å². The van der Waals surface area contributed by atoms with Gasteiger partial charge in [0.2, 0.25) is 0 Å². The van der Waals surface area contributed by atoms with Crippen molar-refractivity contribution in [2.24, 2.45) is 5.92 Å². The Balaban J connectivity index is 2.08. The Kier molecular flexibility index (Phi) is 3.38. The fourth-order valence-electron chi connectivity index (χ4n) is 1.67. The molecule has 1 aromatic heterocycles. The smallest absolute Gasteiger partial charge is 0.158 e. The van der Waals surface area contributed by atoms with Crippen molar-refractivity contribution in [3.05, 3.63) is 32.0 Å². The highest BCUT2D eigenvalue weighted by Gasteiger charge is 2.20. The molecular formula is C11H11IOS. The van der Waals surface area contributed by atoms with Gasteiger partial charge in [0.25, 0.3) is 0 Å². The van der Waals surface area contributed by atoms with Crippen LogP contribution in [0, 0.1) is 9.49 Å².